The average molecular weight is 838 g/mol. The highest BCUT2D eigenvalue weighted by atomic mass is 16.3. The molecule has 0 spiro atoms. The lowest BCUT2D eigenvalue weighted by Gasteiger charge is -2.31. The van der Waals surface area contributed by atoms with Crippen LogP contribution in [0.5, 0.6) is 0 Å². The highest BCUT2D eigenvalue weighted by molar-refractivity contribution is 4.96. The van der Waals surface area contributed by atoms with Crippen molar-refractivity contribution in [2.45, 2.75) is 181 Å². The van der Waals surface area contributed by atoms with Crippen LogP contribution in [0, 0.1) is 0 Å². The minimum absolute atomic E-state index is 0.462. The van der Waals surface area contributed by atoms with Crippen molar-refractivity contribution in [1.29, 1.82) is 0 Å². The van der Waals surface area contributed by atoms with Crippen LogP contribution in [0.25, 0.3) is 0 Å². The third-order valence-electron chi connectivity index (χ3n) is 10.4. The van der Waals surface area contributed by atoms with Gasteiger partial charge in [0.25, 0.3) is 0 Å². The number of likely N-dealkylation sites (N-methyl/N-ethyl adjacent to an activating group) is 1. The smallest absolute Gasteiger partial charge is 0.0670 e. The molecule has 0 aromatic heterocycles. The Labute approximate surface area is 371 Å². The molecular weight excluding hydrogens is 743 g/mol. The van der Waals surface area contributed by atoms with E-state index in [1.807, 2.05) is 0 Å². The van der Waals surface area contributed by atoms with Crippen LogP contribution in [0.15, 0.2) is 97.2 Å². The molecule has 4 N–H and O–H groups in total. The van der Waals surface area contributed by atoms with Crippen LogP contribution in [0.2, 0.25) is 0 Å². The molecule has 346 valence electrons. The second kappa shape index (κ2) is 44.7. The number of aliphatic hydroxyl groups is 4. The van der Waals surface area contributed by atoms with Crippen molar-refractivity contribution in [3.05, 3.63) is 97.2 Å². The Morgan fingerprint density at radius 3 is 0.750 bits per heavy atom. The zero-order chi connectivity index (χ0) is 44.2. The molecule has 0 fully saturated rings. The van der Waals surface area contributed by atoms with Crippen LogP contribution in [0.1, 0.15) is 156 Å². The molecule has 0 aliphatic heterocycles. The van der Waals surface area contributed by atoms with Gasteiger partial charge >= 0.3 is 0 Å². The number of hydrogen-bond acceptors (Lipinski definition) is 7. The van der Waals surface area contributed by atoms with E-state index >= 15 is 0 Å². The van der Waals surface area contributed by atoms with E-state index in [2.05, 4.69) is 147 Å². The maximum atomic E-state index is 11.0. The highest BCUT2D eigenvalue weighted by Gasteiger charge is 2.18. The number of unbranched alkanes of at least 4 members (excludes halogenated alkanes) is 4. The highest BCUT2D eigenvalue weighted by Crippen LogP contribution is 2.10. The van der Waals surface area contributed by atoms with Crippen molar-refractivity contribution in [3.63, 3.8) is 0 Å². The monoisotopic (exact) mass is 838 g/mol. The molecule has 7 nitrogen and oxygen atoms in total. The van der Waals surface area contributed by atoms with E-state index in [-0.39, 0.29) is 0 Å². The zero-order valence-corrected chi connectivity index (χ0v) is 39.5. The zero-order valence-electron chi connectivity index (χ0n) is 39.5. The summed E-state index contributed by atoms with van der Waals surface area (Å²) < 4.78 is 0. The van der Waals surface area contributed by atoms with Crippen molar-refractivity contribution in [1.82, 2.24) is 14.7 Å². The lowest BCUT2D eigenvalue weighted by molar-refractivity contribution is 0.0517. The molecule has 0 aliphatic rings. The normalized spacial score (nSPS) is 15.3. The summed E-state index contributed by atoms with van der Waals surface area (Å²) in [7, 11) is 2.12. The first-order valence-electron chi connectivity index (χ1n) is 24.3. The van der Waals surface area contributed by atoms with E-state index in [1.54, 1.807) is 0 Å². The molecule has 0 bridgehead atoms. The Kier molecular flexibility index (Phi) is 42.9. The molecule has 0 radical (unpaired) electrons. The third-order valence-corrected chi connectivity index (χ3v) is 10.4. The van der Waals surface area contributed by atoms with E-state index in [9.17, 15) is 20.4 Å². The second-order valence-corrected chi connectivity index (χ2v) is 16.6. The first-order chi connectivity index (χ1) is 29.2. The molecule has 0 saturated heterocycles. The van der Waals surface area contributed by atoms with Crippen molar-refractivity contribution in [2.24, 2.45) is 0 Å². The van der Waals surface area contributed by atoms with Gasteiger partial charge in [0.15, 0.2) is 0 Å². The molecule has 0 rings (SSSR count). The molecule has 7 heteroatoms. The first-order valence-corrected chi connectivity index (χ1v) is 24.3. The second-order valence-electron chi connectivity index (χ2n) is 16.6. The van der Waals surface area contributed by atoms with Gasteiger partial charge in [0.2, 0.25) is 0 Å². The summed E-state index contributed by atoms with van der Waals surface area (Å²) in [5, 5.41) is 44.2. The van der Waals surface area contributed by atoms with E-state index in [1.165, 1.54) is 25.7 Å². The number of hydrogen-bond donors (Lipinski definition) is 4. The maximum Gasteiger partial charge on any atom is 0.0670 e. The molecule has 60 heavy (non-hydrogen) atoms. The molecule has 0 aliphatic carbocycles. The van der Waals surface area contributed by atoms with Gasteiger partial charge in [-0.25, -0.2) is 0 Å². The number of allylic oxidation sites excluding steroid dienone is 16. The molecule has 0 amide bonds. The SMILES string of the molecule is CCC/C=C\C/C=C\CCC(O)CN(CCN(C)CCN(CC(O)CC/C=C\C/C=C\CCC)CC(O)CC/C=C\C/C=C\CCC)CC(O)CC/C=C\C/C=C\CCC. The molecule has 0 saturated carbocycles. The summed E-state index contributed by atoms with van der Waals surface area (Å²) in [5.74, 6) is 0. The topological polar surface area (TPSA) is 90.6 Å². The Hall–Kier alpha value is -2.36. The fourth-order valence-electron chi connectivity index (χ4n) is 6.66. The van der Waals surface area contributed by atoms with Crippen molar-refractivity contribution in [3.8, 4) is 0 Å². The van der Waals surface area contributed by atoms with Crippen LogP contribution < -0.4 is 0 Å². The van der Waals surface area contributed by atoms with Crippen molar-refractivity contribution >= 4 is 0 Å². The van der Waals surface area contributed by atoms with Crippen LogP contribution in [0.4, 0.5) is 0 Å². The Morgan fingerprint density at radius 1 is 0.317 bits per heavy atom. The van der Waals surface area contributed by atoms with Crippen LogP contribution in [0.3, 0.4) is 0 Å². The quantitative estimate of drug-likeness (QED) is 0.0455. The van der Waals surface area contributed by atoms with Gasteiger partial charge in [-0.15, -0.1) is 0 Å². The van der Waals surface area contributed by atoms with Gasteiger partial charge in [0.05, 0.1) is 24.4 Å². The predicted octanol–water partition coefficient (Wildman–Crippen LogP) is 11.3. The van der Waals surface area contributed by atoms with Crippen LogP contribution >= 0.6 is 0 Å². The fraction of sp³-hybridized carbons (Fsp3) is 0.698. The lowest BCUT2D eigenvalue weighted by atomic mass is 10.1. The summed E-state index contributed by atoms with van der Waals surface area (Å²) in [6.07, 6.45) is 52.3. The summed E-state index contributed by atoms with van der Waals surface area (Å²) in [4.78, 5) is 6.75. The summed E-state index contributed by atoms with van der Waals surface area (Å²) >= 11 is 0. The van der Waals surface area contributed by atoms with Crippen molar-refractivity contribution in [2.75, 3.05) is 59.4 Å². The average Bonchev–Trinajstić information content (AvgIpc) is 3.22. The number of rotatable bonds is 42. The molecule has 0 aromatic carbocycles. The Morgan fingerprint density at radius 2 is 0.533 bits per heavy atom. The molecule has 0 aromatic rings. The van der Waals surface area contributed by atoms with Gasteiger partial charge in [-0.05, 0) is 110 Å². The van der Waals surface area contributed by atoms with Gasteiger partial charge in [-0.3, -0.25) is 9.80 Å². The fourth-order valence-corrected chi connectivity index (χ4v) is 6.66. The van der Waals surface area contributed by atoms with E-state index in [0.29, 0.717) is 51.9 Å². The minimum Gasteiger partial charge on any atom is -0.392 e. The van der Waals surface area contributed by atoms with Gasteiger partial charge in [0.1, 0.15) is 0 Å². The van der Waals surface area contributed by atoms with E-state index in [4.69, 9.17) is 0 Å². The Bertz CT molecular complexity index is 991. The lowest BCUT2D eigenvalue weighted by Crippen LogP contribution is -2.44. The van der Waals surface area contributed by atoms with Crippen molar-refractivity contribution < 1.29 is 20.4 Å². The minimum atomic E-state index is -0.462. The standard InChI is InChI=1S/C53H95N3O4/c1-6-10-14-18-22-26-30-34-38-50(57)46-55(47-51(58)39-35-31-27-23-19-15-11-7-2)44-42-54(5)43-45-56(48-52(59)40-36-32-28-24-20-16-12-8-3)49-53(60)41-37-33-29-25-21-17-13-9-4/h14-21,26-33,50-53,57-60H,6-13,22-25,34-49H2,1-5H3/b18-14-,19-15-,20-16-,21-17-,30-26-,31-27-,32-28-,33-29-. The molecule has 0 heterocycles. The van der Waals surface area contributed by atoms with Crippen LogP contribution in [-0.4, -0.2) is 119 Å². The van der Waals surface area contributed by atoms with Gasteiger partial charge < -0.3 is 25.3 Å². The first kappa shape index (κ1) is 57.6. The molecule has 4 atom stereocenters. The third kappa shape index (κ3) is 41.0. The predicted molar refractivity (Wildman–Crippen MR) is 263 cm³/mol. The van der Waals surface area contributed by atoms with E-state index in [0.717, 1.165) is 103 Å². The van der Waals surface area contributed by atoms with Gasteiger partial charge in [-0.1, -0.05) is 151 Å². The Balaban J connectivity index is 5.38. The number of aliphatic hydroxyl groups excluding tert-OH is 4. The maximum absolute atomic E-state index is 11.0. The van der Waals surface area contributed by atoms with E-state index < -0.39 is 24.4 Å². The largest absolute Gasteiger partial charge is 0.392 e. The van der Waals surface area contributed by atoms with Gasteiger partial charge in [-0.2, -0.15) is 0 Å². The van der Waals surface area contributed by atoms with Gasteiger partial charge in [0, 0.05) is 52.4 Å². The van der Waals surface area contributed by atoms with Crippen LogP contribution in [-0.2, 0) is 0 Å². The summed E-state index contributed by atoms with van der Waals surface area (Å²) in [6, 6.07) is 0. The summed E-state index contributed by atoms with van der Waals surface area (Å²) in [5.41, 5.74) is 0. The summed E-state index contributed by atoms with van der Waals surface area (Å²) in [6.45, 7) is 14.0. The molecule has 4 unspecified atom stereocenters. The molecular formula is C53H95N3O4. The number of nitrogens with zero attached hydrogens (tertiary/aromatic N) is 3.